The molecule has 0 saturated carbocycles. The molecule has 25 heavy (non-hydrogen) atoms. The molecule has 5 heteroatoms. The van der Waals surface area contributed by atoms with Crippen molar-refractivity contribution in [1.82, 2.24) is 4.90 Å². The van der Waals surface area contributed by atoms with Gasteiger partial charge in [-0.2, -0.15) is 0 Å². The number of fused-ring (bicyclic) bond motifs is 1. The average molecular weight is 337 g/mol. The quantitative estimate of drug-likeness (QED) is 0.934. The monoisotopic (exact) mass is 337 g/mol. The number of likely N-dealkylation sites (N-methyl/N-ethyl adjacent to an activating group) is 1. The van der Waals surface area contributed by atoms with Crippen molar-refractivity contribution in [2.45, 2.75) is 12.5 Å². The van der Waals surface area contributed by atoms with Gasteiger partial charge in [0.25, 0.3) is 5.91 Å². The summed E-state index contributed by atoms with van der Waals surface area (Å²) < 4.78 is 5.81. The molecule has 0 spiro atoms. The highest BCUT2D eigenvalue weighted by Crippen LogP contribution is 2.30. The molecule has 1 amide bonds. The Morgan fingerprint density at radius 2 is 1.76 bits per heavy atom. The molecule has 1 N–H and O–H groups in total. The molecule has 0 aliphatic carbocycles. The molecule has 2 aromatic carbocycles. The molecule has 1 fully saturated rings. The van der Waals surface area contributed by atoms with E-state index < -0.39 is 6.10 Å². The van der Waals surface area contributed by atoms with Gasteiger partial charge >= 0.3 is 0 Å². The van der Waals surface area contributed by atoms with Gasteiger partial charge in [0.15, 0.2) is 6.10 Å². The summed E-state index contributed by atoms with van der Waals surface area (Å²) in [6.07, 6.45) is 0.163. The normalized spacial score (nSPS) is 20.0. The van der Waals surface area contributed by atoms with Crippen LogP contribution in [-0.4, -0.2) is 50.1 Å². The first kappa shape index (κ1) is 16.0. The van der Waals surface area contributed by atoms with Crippen LogP contribution in [0.1, 0.15) is 5.56 Å². The fourth-order valence-corrected chi connectivity index (χ4v) is 3.44. The molecule has 4 rings (SSSR count). The van der Waals surface area contributed by atoms with Gasteiger partial charge in [-0.15, -0.1) is 0 Å². The van der Waals surface area contributed by atoms with E-state index in [-0.39, 0.29) is 5.91 Å². The Balaban J connectivity index is 1.47. The van der Waals surface area contributed by atoms with Crippen molar-refractivity contribution in [2.24, 2.45) is 0 Å². The number of anilines is 2. The number of para-hydroxylation sites is 3. The highest BCUT2D eigenvalue weighted by atomic mass is 16.5. The highest BCUT2D eigenvalue weighted by Gasteiger charge is 2.29. The summed E-state index contributed by atoms with van der Waals surface area (Å²) in [5.41, 5.74) is 3.03. The minimum absolute atomic E-state index is 0.0854. The van der Waals surface area contributed by atoms with Crippen molar-refractivity contribution in [2.75, 3.05) is 43.4 Å². The number of carbonyl (C=O) groups is 1. The Morgan fingerprint density at radius 3 is 2.56 bits per heavy atom. The fourth-order valence-electron chi connectivity index (χ4n) is 3.44. The van der Waals surface area contributed by atoms with E-state index in [0.717, 1.165) is 48.9 Å². The number of ether oxygens (including phenoxy) is 1. The van der Waals surface area contributed by atoms with E-state index in [9.17, 15) is 4.79 Å². The van der Waals surface area contributed by atoms with Crippen LogP contribution in [0.3, 0.4) is 0 Å². The van der Waals surface area contributed by atoms with Gasteiger partial charge in [-0.25, -0.2) is 0 Å². The second-order valence-corrected chi connectivity index (χ2v) is 6.72. The molecule has 5 nitrogen and oxygen atoms in total. The maximum Gasteiger partial charge on any atom is 0.265 e. The van der Waals surface area contributed by atoms with Crippen LogP contribution in [0.15, 0.2) is 48.5 Å². The molecular formula is C20H23N3O2. The van der Waals surface area contributed by atoms with E-state index in [1.54, 1.807) is 0 Å². The molecule has 1 atom stereocenters. The minimum atomic E-state index is -0.460. The van der Waals surface area contributed by atoms with Crippen LogP contribution in [-0.2, 0) is 11.2 Å². The van der Waals surface area contributed by atoms with Crippen LogP contribution in [0, 0.1) is 0 Å². The minimum Gasteiger partial charge on any atom is -0.480 e. The van der Waals surface area contributed by atoms with Crippen molar-refractivity contribution >= 4 is 17.3 Å². The van der Waals surface area contributed by atoms with Crippen LogP contribution in [0.4, 0.5) is 11.4 Å². The van der Waals surface area contributed by atoms with E-state index in [1.807, 2.05) is 42.5 Å². The predicted molar refractivity (Wildman–Crippen MR) is 99.3 cm³/mol. The molecule has 2 aliphatic heterocycles. The van der Waals surface area contributed by atoms with Crippen LogP contribution in [0.2, 0.25) is 0 Å². The van der Waals surface area contributed by atoms with Crippen molar-refractivity contribution in [3.8, 4) is 5.75 Å². The number of carbonyl (C=O) groups excluding carboxylic acids is 1. The summed E-state index contributed by atoms with van der Waals surface area (Å²) in [7, 11) is 2.14. The zero-order valence-electron chi connectivity index (χ0n) is 14.4. The third-order valence-electron chi connectivity index (χ3n) is 4.95. The van der Waals surface area contributed by atoms with E-state index in [2.05, 4.69) is 28.2 Å². The van der Waals surface area contributed by atoms with E-state index in [0.29, 0.717) is 6.42 Å². The Kier molecular flexibility index (Phi) is 4.32. The fraction of sp³-hybridized carbons (Fsp3) is 0.350. The molecule has 2 aliphatic rings. The van der Waals surface area contributed by atoms with Gasteiger partial charge in [0, 0.05) is 32.6 Å². The Labute approximate surface area is 148 Å². The summed E-state index contributed by atoms with van der Waals surface area (Å²) in [6, 6.07) is 15.9. The number of nitrogens with zero attached hydrogens (tertiary/aromatic N) is 2. The number of piperazine rings is 1. The molecular weight excluding hydrogens is 314 g/mol. The number of hydrogen-bond acceptors (Lipinski definition) is 4. The lowest BCUT2D eigenvalue weighted by Crippen LogP contribution is -2.44. The Hall–Kier alpha value is -2.53. The Morgan fingerprint density at radius 1 is 1.04 bits per heavy atom. The van der Waals surface area contributed by atoms with Crippen LogP contribution in [0.5, 0.6) is 5.75 Å². The molecule has 2 heterocycles. The number of nitrogens with one attached hydrogen (secondary N) is 1. The average Bonchev–Trinajstić information content (AvgIpc) is 3.07. The lowest BCUT2D eigenvalue weighted by molar-refractivity contribution is -0.122. The molecule has 2 aromatic rings. The lowest BCUT2D eigenvalue weighted by Gasteiger charge is -2.35. The zero-order chi connectivity index (χ0) is 17.2. The van der Waals surface area contributed by atoms with Crippen LogP contribution in [0.25, 0.3) is 0 Å². The molecule has 1 saturated heterocycles. The van der Waals surface area contributed by atoms with E-state index in [1.165, 1.54) is 0 Å². The lowest BCUT2D eigenvalue weighted by atomic mass is 10.1. The summed E-state index contributed by atoms with van der Waals surface area (Å²) in [6.45, 7) is 4.00. The van der Waals surface area contributed by atoms with Crippen molar-refractivity contribution < 1.29 is 9.53 Å². The third-order valence-corrected chi connectivity index (χ3v) is 4.95. The highest BCUT2D eigenvalue weighted by molar-refractivity contribution is 5.98. The molecule has 0 bridgehead atoms. The van der Waals surface area contributed by atoms with Crippen molar-refractivity contribution in [1.29, 1.82) is 0 Å². The summed E-state index contributed by atoms with van der Waals surface area (Å²) in [5.74, 6) is 0.729. The van der Waals surface area contributed by atoms with Crippen LogP contribution >= 0.6 is 0 Å². The van der Waals surface area contributed by atoms with Crippen LogP contribution < -0.4 is 15.0 Å². The zero-order valence-corrected chi connectivity index (χ0v) is 14.4. The largest absolute Gasteiger partial charge is 0.480 e. The summed E-state index contributed by atoms with van der Waals surface area (Å²) in [5, 5.41) is 3.08. The van der Waals surface area contributed by atoms with Gasteiger partial charge in [0.1, 0.15) is 5.75 Å². The van der Waals surface area contributed by atoms with E-state index >= 15 is 0 Å². The summed E-state index contributed by atoms with van der Waals surface area (Å²) >= 11 is 0. The first-order chi connectivity index (χ1) is 12.2. The Bertz CT molecular complexity index is 744. The van der Waals surface area contributed by atoms with E-state index in [4.69, 9.17) is 4.74 Å². The van der Waals surface area contributed by atoms with Crippen molar-refractivity contribution in [3.63, 3.8) is 0 Å². The maximum absolute atomic E-state index is 12.7. The molecule has 0 radical (unpaired) electrons. The number of benzene rings is 2. The second-order valence-electron chi connectivity index (χ2n) is 6.72. The third kappa shape index (κ3) is 3.33. The standard InChI is InChI=1S/C20H23N3O2/c1-22-10-12-23(13-11-22)17-8-4-3-7-16(17)21-20(24)19-14-15-6-2-5-9-18(15)25-19/h2-9,19H,10-14H2,1H3,(H,21,24). The smallest absolute Gasteiger partial charge is 0.265 e. The first-order valence-electron chi connectivity index (χ1n) is 8.78. The van der Waals surface area contributed by atoms with Gasteiger partial charge in [0.2, 0.25) is 0 Å². The first-order valence-corrected chi connectivity index (χ1v) is 8.78. The molecule has 0 aromatic heterocycles. The van der Waals surface area contributed by atoms with Gasteiger partial charge in [-0.05, 0) is 30.8 Å². The number of rotatable bonds is 3. The van der Waals surface area contributed by atoms with Gasteiger partial charge in [0.05, 0.1) is 11.4 Å². The van der Waals surface area contributed by atoms with Gasteiger partial charge in [-0.1, -0.05) is 30.3 Å². The second kappa shape index (κ2) is 6.76. The SMILES string of the molecule is CN1CCN(c2ccccc2NC(=O)C2Cc3ccccc3O2)CC1. The van der Waals surface area contributed by atoms with Gasteiger partial charge < -0.3 is 19.9 Å². The number of amides is 1. The van der Waals surface area contributed by atoms with Gasteiger partial charge in [-0.3, -0.25) is 4.79 Å². The molecule has 1 unspecified atom stereocenters. The predicted octanol–water partition coefficient (Wildman–Crippen LogP) is 2.38. The topological polar surface area (TPSA) is 44.8 Å². The summed E-state index contributed by atoms with van der Waals surface area (Å²) in [4.78, 5) is 17.4. The number of hydrogen-bond donors (Lipinski definition) is 1. The molecule has 130 valence electrons. The maximum atomic E-state index is 12.7. The van der Waals surface area contributed by atoms with Crippen molar-refractivity contribution in [3.05, 3.63) is 54.1 Å².